The Balaban J connectivity index is 1.12. The summed E-state index contributed by atoms with van der Waals surface area (Å²) in [6.07, 6.45) is 0. The minimum absolute atomic E-state index is 0.230. The number of hydrogen-bond acceptors (Lipinski definition) is 5. The maximum absolute atomic E-state index is 13.3. The zero-order valence-electron chi connectivity index (χ0n) is 29.5. The van der Waals surface area contributed by atoms with Crippen LogP contribution in [0.15, 0.2) is 226 Å². The molecule has 0 spiro atoms. The summed E-state index contributed by atoms with van der Waals surface area (Å²) in [7, 11) is -7.26. The number of benzene rings is 8. The van der Waals surface area contributed by atoms with Crippen LogP contribution in [0.3, 0.4) is 0 Å². The molecule has 0 aliphatic carbocycles. The van der Waals surface area contributed by atoms with E-state index >= 15 is 0 Å². The van der Waals surface area contributed by atoms with Crippen LogP contribution in [0.2, 0.25) is 0 Å². The molecule has 0 aliphatic heterocycles. The number of rotatable bonds is 10. The van der Waals surface area contributed by atoms with E-state index < -0.39 is 19.7 Å². The number of ether oxygens (including phenoxy) is 1. The Hall–Kier alpha value is -6.54. The van der Waals surface area contributed by atoms with Gasteiger partial charge in [-0.15, -0.1) is 0 Å². The topological polar surface area (TPSA) is 77.5 Å². The van der Waals surface area contributed by atoms with Gasteiger partial charge in [-0.25, -0.2) is 16.8 Å². The number of sulfone groups is 2. The van der Waals surface area contributed by atoms with Gasteiger partial charge < -0.3 is 4.74 Å². The van der Waals surface area contributed by atoms with Crippen molar-refractivity contribution in [2.75, 3.05) is 0 Å². The van der Waals surface area contributed by atoms with Crippen LogP contribution < -0.4 is 4.74 Å². The Bertz CT molecular complexity index is 2800. The minimum Gasteiger partial charge on any atom is -0.457 e. The van der Waals surface area contributed by atoms with Crippen LogP contribution >= 0.6 is 0 Å². The second-order valence-corrected chi connectivity index (χ2v) is 16.8. The fourth-order valence-corrected chi connectivity index (χ4v) is 9.13. The summed E-state index contributed by atoms with van der Waals surface area (Å²) >= 11 is 0. The number of hydrogen-bond donors (Lipinski definition) is 0. The fourth-order valence-electron chi connectivity index (χ4n) is 6.56. The lowest BCUT2D eigenvalue weighted by molar-refractivity contribution is 0.484. The molecule has 55 heavy (non-hydrogen) atoms. The standard InChI is InChI=1S/C48H34O5S2/c49-54(50,41-14-6-2-7-15-41)43-29-22-36(23-30-43)35-20-27-40(28-21-35)53-48-33-26-39(34-47(48)46-19-11-10-18-45(46)38-12-4-1-5-13-38)37-24-31-44(32-25-37)55(51,52)42-16-8-3-9-17-42/h1-34H. The molecule has 0 heterocycles. The highest BCUT2D eigenvalue weighted by Crippen LogP contribution is 2.42. The molecule has 8 aromatic carbocycles. The van der Waals surface area contributed by atoms with Crippen molar-refractivity contribution >= 4 is 19.7 Å². The first-order chi connectivity index (χ1) is 26.8. The van der Waals surface area contributed by atoms with E-state index in [1.807, 2.05) is 91.0 Å². The van der Waals surface area contributed by atoms with Crippen molar-refractivity contribution in [3.05, 3.63) is 206 Å². The van der Waals surface area contributed by atoms with E-state index in [-0.39, 0.29) is 19.6 Å². The Morgan fingerprint density at radius 3 is 1.18 bits per heavy atom. The molecule has 0 N–H and O–H groups in total. The van der Waals surface area contributed by atoms with E-state index in [4.69, 9.17) is 4.74 Å². The highest BCUT2D eigenvalue weighted by atomic mass is 32.2. The zero-order chi connectivity index (χ0) is 37.8. The summed E-state index contributed by atoms with van der Waals surface area (Å²) in [6, 6.07) is 62.8. The van der Waals surface area contributed by atoms with Crippen molar-refractivity contribution in [1.82, 2.24) is 0 Å². The molecule has 0 atom stereocenters. The van der Waals surface area contributed by atoms with Gasteiger partial charge in [-0.2, -0.15) is 0 Å². The third kappa shape index (κ3) is 7.36. The first kappa shape index (κ1) is 35.5. The maximum Gasteiger partial charge on any atom is 0.206 e. The van der Waals surface area contributed by atoms with Crippen molar-refractivity contribution < 1.29 is 21.6 Å². The van der Waals surface area contributed by atoms with Crippen LogP contribution in [-0.4, -0.2) is 16.8 Å². The summed E-state index contributed by atoms with van der Waals surface area (Å²) in [6.45, 7) is 0. The van der Waals surface area contributed by atoms with E-state index in [1.54, 1.807) is 84.9 Å². The minimum atomic E-state index is -3.65. The third-order valence-corrected chi connectivity index (χ3v) is 13.0. The SMILES string of the molecule is O=S(=O)(c1ccccc1)c1ccc(-c2ccc(Oc3ccc(-c4ccc(S(=O)(=O)c5ccccc5)cc4)cc3-c3ccccc3-c3ccccc3)cc2)cc1. The van der Waals surface area contributed by atoms with E-state index in [0.717, 1.165) is 44.5 Å². The molecule has 0 unspecified atom stereocenters. The predicted octanol–water partition coefficient (Wildman–Crippen LogP) is 11.8. The molecule has 0 fully saturated rings. The van der Waals surface area contributed by atoms with Gasteiger partial charge >= 0.3 is 0 Å². The molecule has 0 bridgehead atoms. The normalized spacial score (nSPS) is 11.6. The van der Waals surface area contributed by atoms with E-state index in [9.17, 15) is 16.8 Å². The smallest absolute Gasteiger partial charge is 0.206 e. The fraction of sp³-hybridized carbons (Fsp3) is 0. The lowest BCUT2D eigenvalue weighted by Crippen LogP contribution is -2.01. The molecule has 268 valence electrons. The summed E-state index contributed by atoms with van der Waals surface area (Å²) < 4.78 is 59.3. The zero-order valence-corrected chi connectivity index (χ0v) is 31.1. The summed E-state index contributed by atoms with van der Waals surface area (Å²) in [5.74, 6) is 1.28. The van der Waals surface area contributed by atoms with E-state index in [0.29, 0.717) is 11.5 Å². The molecule has 7 heteroatoms. The lowest BCUT2D eigenvalue weighted by Gasteiger charge is -2.17. The quantitative estimate of drug-likeness (QED) is 0.139. The van der Waals surface area contributed by atoms with Crippen molar-refractivity contribution in [3.63, 3.8) is 0 Å². The van der Waals surface area contributed by atoms with Crippen LogP contribution in [0.5, 0.6) is 11.5 Å². The van der Waals surface area contributed by atoms with Crippen molar-refractivity contribution in [3.8, 4) is 56.0 Å². The Morgan fingerprint density at radius 2 is 0.673 bits per heavy atom. The lowest BCUT2D eigenvalue weighted by atomic mass is 9.92. The van der Waals surface area contributed by atoms with E-state index in [1.165, 1.54) is 0 Å². The van der Waals surface area contributed by atoms with E-state index in [2.05, 4.69) is 30.3 Å². The van der Waals surface area contributed by atoms with Gasteiger partial charge in [0.05, 0.1) is 19.6 Å². The maximum atomic E-state index is 13.3. The highest BCUT2D eigenvalue weighted by Gasteiger charge is 2.19. The molecule has 0 aromatic heterocycles. The highest BCUT2D eigenvalue weighted by molar-refractivity contribution is 7.91. The van der Waals surface area contributed by atoms with Gasteiger partial charge in [-0.3, -0.25) is 0 Å². The van der Waals surface area contributed by atoms with Gasteiger partial charge in [0.2, 0.25) is 19.7 Å². The molecule has 5 nitrogen and oxygen atoms in total. The Kier molecular flexibility index (Phi) is 9.72. The average molecular weight is 755 g/mol. The molecule has 0 radical (unpaired) electrons. The summed E-state index contributed by atoms with van der Waals surface area (Å²) in [4.78, 5) is 0.982. The van der Waals surface area contributed by atoms with Crippen LogP contribution in [0.1, 0.15) is 0 Å². The third-order valence-electron chi connectivity index (χ3n) is 9.47. The van der Waals surface area contributed by atoms with Gasteiger partial charge in [0, 0.05) is 5.56 Å². The van der Waals surface area contributed by atoms with Crippen molar-refractivity contribution in [1.29, 1.82) is 0 Å². The Labute approximate surface area is 321 Å². The first-order valence-electron chi connectivity index (χ1n) is 17.7. The van der Waals surface area contributed by atoms with Crippen LogP contribution in [-0.2, 0) is 19.7 Å². The molecule has 0 amide bonds. The first-order valence-corrected chi connectivity index (χ1v) is 20.6. The van der Waals surface area contributed by atoms with Crippen LogP contribution in [0.4, 0.5) is 0 Å². The molecule has 0 aliphatic rings. The summed E-state index contributed by atoms with van der Waals surface area (Å²) in [5, 5.41) is 0. The van der Waals surface area contributed by atoms with Crippen molar-refractivity contribution in [2.24, 2.45) is 0 Å². The molecule has 8 rings (SSSR count). The second-order valence-electron chi connectivity index (χ2n) is 12.9. The van der Waals surface area contributed by atoms with Gasteiger partial charge in [-0.05, 0) is 112 Å². The second kappa shape index (κ2) is 15.1. The van der Waals surface area contributed by atoms with Crippen LogP contribution in [0, 0.1) is 0 Å². The predicted molar refractivity (Wildman–Crippen MR) is 218 cm³/mol. The van der Waals surface area contributed by atoms with Crippen molar-refractivity contribution in [2.45, 2.75) is 19.6 Å². The molecular formula is C48H34O5S2. The van der Waals surface area contributed by atoms with Gasteiger partial charge in [0.1, 0.15) is 11.5 Å². The summed E-state index contributed by atoms with van der Waals surface area (Å²) in [5.41, 5.74) is 7.53. The molecule has 0 saturated carbocycles. The molecular weight excluding hydrogens is 721 g/mol. The molecule has 8 aromatic rings. The Morgan fingerprint density at radius 1 is 0.291 bits per heavy atom. The monoisotopic (exact) mass is 754 g/mol. The molecule has 0 saturated heterocycles. The van der Waals surface area contributed by atoms with Gasteiger partial charge in [0.15, 0.2) is 0 Å². The largest absolute Gasteiger partial charge is 0.457 e. The van der Waals surface area contributed by atoms with Gasteiger partial charge in [0.25, 0.3) is 0 Å². The average Bonchev–Trinajstić information content (AvgIpc) is 3.25. The van der Waals surface area contributed by atoms with Crippen LogP contribution in [0.25, 0.3) is 44.5 Å². The van der Waals surface area contributed by atoms with Gasteiger partial charge in [-0.1, -0.05) is 133 Å².